The lowest BCUT2D eigenvalue weighted by atomic mass is 9.89. The molecule has 0 aromatic rings. The van der Waals surface area contributed by atoms with Crippen molar-refractivity contribution in [2.45, 2.75) is 24.5 Å². The van der Waals surface area contributed by atoms with Crippen molar-refractivity contribution in [2.24, 2.45) is 5.41 Å². The Morgan fingerprint density at radius 2 is 1.92 bits per heavy atom. The van der Waals surface area contributed by atoms with Gasteiger partial charge in [0.25, 0.3) is 0 Å². The van der Waals surface area contributed by atoms with Crippen LogP contribution in [0.15, 0.2) is 0 Å². The van der Waals surface area contributed by atoms with Crippen LogP contribution in [-0.4, -0.2) is 43.4 Å². The minimum Gasteiger partial charge on any atom is -0.396 e. The van der Waals surface area contributed by atoms with E-state index in [-0.39, 0.29) is 18.5 Å². The van der Waals surface area contributed by atoms with Crippen LogP contribution >= 0.6 is 0 Å². The van der Waals surface area contributed by atoms with E-state index >= 15 is 0 Å². The molecule has 2 N–H and O–H groups in total. The second-order valence-corrected chi connectivity index (χ2v) is 6.34. The van der Waals surface area contributed by atoms with Crippen LogP contribution in [-0.2, 0) is 9.84 Å². The first kappa shape index (κ1) is 10.9. The van der Waals surface area contributed by atoms with Crippen LogP contribution in [0.2, 0.25) is 0 Å². The summed E-state index contributed by atoms with van der Waals surface area (Å²) in [5.41, 5.74) is -0.562. The second kappa shape index (κ2) is 3.55. The van der Waals surface area contributed by atoms with Gasteiger partial charge in [-0.15, -0.1) is 0 Å². The van der Waals surface area contributed by atoms with Crippen molar-refractivity contribution in [2.75, 3.05) is 19.5 Å². The number of aliphatic hydroxyl groups excluding tert-OH is 2. The Kier molecular flexibility index (Phi) is 2.99. The summed E-state index contributed by atoms with van der Waals surface area (Å²) in [4.78, 5) is 0. The summed E-state index contributed by atoms with van der Waals surface area (Å²) < 4.78 is 22.4. The maximum atomic E-state index is 11.2. The van der Waals surface area contributed by atoms with Crippen molar-refractivity contribution in [1.82, 2.24) is 0 Å². The molecule has 0 amide bonds. The first-order chi connectivity index (χ1) is 5.93. The molecule has 0 radical (unpaired) electrons. The summed E-state index contributed by atoms with van der Waals surface area (Å²) in [7, 11) is -3.02. The smallest absolute Gasteiger partial charge is 0.150 e. The van der Waals surface area contributed by atoms with Crippen LogP contribution < -0.4 is 0 Å². The normalized spacial score (nSPS) is 27.8. The fourth-order valence-electron chi connectivity index (χ4n) is 1.86. The molecule has 0 aromatic carbocycles. The molecule has 5 heteroatoms. The van der Waals surface area contributed by atoms with Gasteiger partial charge < -0.3 is 10.2 Å². The highest BCUT2D eigenvalue weighted by Gasteiger charge is 2.42. The maximum absolute atomic E-state index is 11.2. The minimum absolute atomic E-state index is 0.129. The van der Waals surface area contributed by atoms with E-state index in [9.17, 15) is 8.42 Å². The standard InChI is InChI=1S/C8H16O4S/c1-13(11,12)7-2-3-8(4-7,5-9)6-10/h7,9-10H,2-6H2,1H3/t7-/m0/s1. The van der Waals surface area contributed by atoms with Crippen LogP contribution in [0.3, 0.4) is 0 Å². The summed E-state index contributed by atoms with van der Waals surface area (Å²) in [5, 5.41) is 17.7. The summed E-state index contributed by atoms with van der Waals surface area (Å²) >= 11 is 0. The van der Waals surface area contributed by atoms with E-state index in [1.807, 2.05) is 0 Å². The molecule has 0 aliphatic heterocycles. The van der Waals surface area contributed by atoms with Gasteiger partial charge >= 0.3 is 0 Å². The van der Waals surface area contributed by atoms with Gasteiger partial charge in [0.05, 0.1) is 18.5 Å². The van der Waals surface area contributed by atoms with Crippen LogP contribution in [0.25, 0.3) is 0 Å². The highest BCUT2D eigenvalue weighted by molar-refractivity contribution is 7.91. The molecular weight excluding hydrogens is 192 g/mol. The fraction of sp³-hybridized carbons (Fsp3) is 1.00. The molecule has 1 aliphatic rings. The Hall–Kier alpha value is -0.130. The van der Waals surface area contributed by atoms with Crippen LogP contribution in [0.1, 0.15) is 19.3 Å². The van der Waals surface area contributed by atoms with E-state index in [0.717, 1.165) is 0 Å². The van der Waals surface area contributed by atoms with Gasteiger partial charge in [0, 0.05) is 11.7 Å². The molecule has 4 nitrogen and oxygen atoms in total. The van der Waals surface area contributed by atoms with Gasteiger partial charge in [-0.2, -0.15) is 0 Å². The first-order valence-electron chi connectivity index (χ1n) is 4.34. The molecule has 0 aromatic heterocycles. The number of rotatable bonds is 3. The SMILES string of the molecule is CS(=O)(=O)[C@H]1CCC(CO)(CO)C1. The molecule has 0 saturated heterocycles. The molecule has 1 aliphatic carbocycles. The largest absolute Gasteiger partial charge is 0.396 e. The van der Waals surface area contributed by atoms with Gasteiger partial charge in [-0.05, 0) is 19.3 Å². The van der Waals surface area contributed by atoms with Crippen LogP contribution in [0.4, 0.5) is 0 Å². The third kappa shape index (κ3) is 2.21. The van der Waals surface area contributed by atoms with Crippen molar-refractivity contribution in [3.05, 3.63) is 0 Å². The third-order valence-corrected chi connectivity index (χ3v) is 4.55. The van der Waals surface area contributed by atoms with Crippen LogP contribution in [0.5, 0.6) is 0 Å². The third-order valence-electron chi connectivity index (χ3n) is 2.93. The predicted molar refractivity (Wildman–Crippen MR) is 49.1 cm³/mol. The Morgan fingerprint density at radius 3 is 2.15 bits per heavy atom. The second-order valence-electron chi connectivity index (χ2n) is 4.01. The zero-order valence-corrected chi connectivity index (χ0v) is 8.55. The van der Waals surface area contributed by atoms with Gasteiger partial charge in [0.2, 0.25) is 0 Å². The van der Waals surface area contributed by atoms with E-state index in [0.29, 0.717) is 19.3 Å². The lowest BCUT2D eigenvalue weighted by molar-refractivity contribution is 0.0608. The molecular formula is C8H16O4S. The van der Waals surface area contributed by atoms with Crippen molar-refractivity contribution in [3.8, 4) is 0 Å². The van der Waals surface area contributed by atoms with Gasteiger partial charge in [-0.25, -0.2) is 8.42 Å². The predicted octanol–water partition coefficient (Wildman–Crippen LogP) is -0.446. The van der Waals surface area contributed by atoms with Crippen LogP contribution in [0, 0.1) is 5.41 Å². The quantitative estimate of drug-likeness (QED) is 0.659. The van der Waals surface area contributed by atoms with Gasteiger partial charge in [0.1, 0.15) is 9.84 Å². The highest BCUT2D eigenvalue weighted by Crippen LogP contribution is 2.40. The van der Waals surface area contributed by atoms with E-state index in [1.54, 1.807) is 0 Å². The maximum Gasteiger partial charge on any atom is 0.150 e. The Labute approximate surface area is 78.5 Å². The van der Waals surface area contributed by atoms with Gasteiger partial charge in [-0.3, -0.25) is 0 Å². The van der Waals surface area contributed by atoms with E-state index in [2.05, 4.69) is 0 Å². The lowest BCUT2D eigenvalue weighted by Gasteiger charge is -2.23. The number of aliphatic hydroxyl groups is 2. The van der Waals surface area contributed by atoms with Crippen molar-refractivity contribution in [3.63, 3.8) is 0 Å². The molecule has 0 spiro atoms. The molecule has 1 atom stereocenters. The monoisotopic (exact) mass is 208 g/mol. The molecule has 1 fully saturated rings. The Bertz CT molecular complexity index is 266. The summed E-state index contributed by atoms with van der Waals surface area (Å²) in [6.07, 6.45) is 2.75. The topological polar surface area (TPSA) is 74.6 Å². The average molecular weight is 208 g/mol. The van der Waals surface area contributed by atoms with E-state index in [1.165, 1.54) is 6.26 Å². The summed E-state index contributed by atoms with van der Waals surface area (Å²) in [5.74, 6) is 0. The zero-order chi connectivity index (χ0) is 10.1. The number of hydrogen-bond donors (Lipinski definition) is 2. The van der Waals surface area contributed by atoms with E-state index < -0.39 is 15.3 Å². The highest BCUT2D eigenvalue weighted by atomic mass is 32.2. The van der Waals surface area contributed by atoms with Crippen molar-refractivity contribution in [1.29, 1.82) is 0 Å². The molecule has 13 heavy (non-hydrogen) atoms. The fourth-order valence-corrected chi connectivity index (χ4v) is 3.06. The number of sulfone groups is 1. The number of hydrogen-bond acceptors (Lipinski definition) is 4. The van der Waals surface area contributed by atoms with Gasteiger partial charge in [-0.1, -0.05) is 0 Å². The lowest BCUT2D eigenvalue weighted by Crippen LogP contribution is -2.28. The minimum atomic E-state index is -3.02. The Morgan fingerprint density at radius 1 is 1.38 bits per heavy atom. The molecule has 1 rings (SSSR count). The molecule has 78 valence electrons. The molecule has 0 bridgehead atoms. The zero-order valence-electron chi connectivity index (χ0n) is 7.73. The van der Waals surface area contributed by atoms with Crippen molar-refractivity contribution >= 4 is 9.84 Å². The first-order valence-corrected chi connectivity index (χ1v) is 6.30. The molecule has 0 unspecified atom stereocenters. The van der Waals surface area contributed by atoms with E-state index in [4.69, 9.17) is 10.2 Å². The summed E-state index contributed by atoms with van der Waals surface area (Å²) in [6.45, 7) is -0.259. The Balaban J connectivity index is 2.73. The van der Waals surface area contributed by atoms with Crippen molar-refractivity contribution < 1.29 is 18.6 Å². The average Bonchev–Trinajstić information content (AvgIpc) is 2.48. The van der Waals surface area contributed by atoms with Gasteiger partial charge in [0.15, 0.2) is 0 Å². The molecule has 0 heterocycles. The summed E-state index contributed by atoms with van der Waals surface area (Å²) in [6, 6.07) is 0. The molecule has 1 saturated carbocycles.